The molecule has 3 rings (SSSR count). The Morgan fingerprint density at radius 3 is 2.84 bits per heavy atom. The Kier molecular flexibility index (Phi) is 5.09. The molecule has 2 aromatic rings. The van der Waals surface area contributed by atoms with Crippen LogP contribution in [-0.4, -0.2) is 41.6 Å². The molecule has 0 saturated carbocycles. The minimum atomic E-state index is -0.138. The van der Waals surface area contributed by atoms with E-state index in [1.54, 1.807) is 36.7 Å². The van der Waals surface area contributed by atoms with E-state index in [1.165, 1.54) is 0 Å². The number of aromatic nitrogens is 2. The molecular formula is C18H19N5O2. The van der Waals surface area contributed by atoms with Crippen molar-refractivity contribution in [1.29, 1.82) is 5.26 Å². The number of rotatable bonds is 5. The number of carbonyl (C=O) groups is 1. The zero-order valence-corrected chi connectivity index (χ0v) is 14.0. The fourth-order valence-corrected chi connectivity index (χ4v) is 2.81. The molecule has 1 atom stereocenters. The number of anilines is 1. The lowest BCUT2D eigenvalue weighted by Crippen LogP contribution is -2.37. The maximum absolute atomic E-state index is 12.3. The summed E-state index contributed by atoms with van der Waals surface area (Å²) in [4.78, 5) is 23.0. The Hall–Kier alpha value is -3.14. The van der Waals surface area contributed by atoms with Crippen LogP contribution in [0.3, 0.4) is 0 Å². The molecule has 7 nitrogen and oxygen atoms in total. The van der Waals surface area contributed by atoms with Crippen molar-refractivity contribution in [3.05, 3.63) is 47.8 Å². The Labute approximate surface area is 146 Å². The van der Waals surface area contributed by atoms with Gasteiger partial charge in [0.05, 0.1) is 18.2 Å². The minimum Gasteiger partial charge on any atom is -0.475 e. The summed E-state index contributed by atoms with van der Waals surface area (Å²) >= 11 is 0. The average Bonchev–Trinajstić information content (AvgIpc) is 3.11. The molecule has 1 aliphatic heterocycles. The van der Waals surface area contributed by atoms with Gasteiger partial charge in [-0.1, -0.05) is 0 Å². The first kappa shape index (κ1) is 16.7. The molecule has 1 aromatic carbocycles. The molecular weight excluding hydrogens is 318 g/mol. The molecule has 7 heteroatoms. The van der Waals surface area contributed by atoms with Crippen molar-refractivity contribution >= 4 is 11.7 Å². The molecule has 1 unspecified atom stereocenters. The highest BCUT2D eigenvalue weighted by Crippen LogP contribution is 2.26. The quantitative estimate of drug-likeness (QED) is 0.894. The van der Waals surface area contributed by atoms with Crippen molar-refractivity contribution in [3.63, 3.8) is 0 Å². The fourth-order valence-electron chi connectivity index (χ4n) is 2.81. The van der Waals surface area contributed by atoms with E-state index < -0.39 is 0 Å². The number of carbonyl (C=O) groups excluding carboxylic acids is 1. The first-order chi connectivity index (χ1) is 12.2. The molecule has 2 heterocycles. The minimum absolute atomic E-state index is 0.0274. The molecule has 1 amide bonds. The Morgan fingerprint density at radius 1 is 1.36 bits per heavy atom. The number of amides is 1. The summed E-state index contributed by atoms with van der Waals surface area (Å²) in [5.74, 6) is 1.09. The molecule has 1 saturated heterocycles. The van der Waals surface area contributed by atoms with Crippen LogP contribution in [0.1, 0.15) is 29.3 Å². The van der Waals surface area contributed by atoms with Gasteiger partial charge in [0.2, 0.25) is 0 Å². The normalized spacial score (nSPS) is 16.3. The van der Waals surface area contributed by atoms with Crippen LogP contribution in [0.2, 0.25) is 0 Å². The topological polar surface area (TPSA) is 91.1 Å². The zero-order valence-electron chi connectivity index (χ0n) is 14.0. The lowest BCUT2D eigenvalue weighted by atomic mass is 10.1. The maximum atomic E-state index is 12.3. The van der Waals surface area contributed by atoms with Crippen molar-refractivity contribution < 1.29 is 9.53 Å². The molecule has 128 valence electrons. The van der Waals surface area contributed by atoms with Gasteiger partial charge < -0.3 is 15.0 Å². The first-order valence-corrected chi connectivity index (χ1v) is 8.21. The van der Waals surface area contributed by atoms with E-state index in [0.717, 1.165) is 13.0 Å². The van der Waals surface area contributed by atoms with Crippen molar-refractivity contribution in [3.8, 4) is 11.9 Å². The van der Waals surface area contributed by atoms with Gasteiger partial charge in [0.1, 0.15) is 0 Å². The van der Waals surface area contributed by atoms with Crippen LogP contribution >= 0.6 is 0 Å². The summed E-state index contributed by atoms with van der Waals surface area (Å²) < 4.78 is 5.53. The molecule has 0 bridgehead atoms. The molecule has 0 spiro atoms. The number of hydrogen-bond donors (Lipinski definition) is 1. The Balaban J connectivity index is 1.63. The third-order valence-corrected chi connectivity index (χ3v) is 4.03. The summed E-state index contributed by atoms with van der Waals surface area (Å²) in [6.45, 7) is 3.86. The van der Waals surface area contributed by atoms with Crippen molar-refractivity contribution in [1.82, 2.24) is 15.3 Å². The van der Waals surface area contributed by atoms with Gasteiger partial charge in [0.15, 0.2) is 5.82 Å². The number of nitrogens with zero attached hydrogens (tertiary/aromatic N) is 4. The van der Waals surface area contributed by atoms with E-state index >= 15 is 0 Å². The van der Waals surface area contributed by atoms with E-state index in [9.17, 15) is 4.79 Å². The van der Waals surface area contributed by atoms with E-state index in [-0.39, 0.29) is 11.9 Å². The zero-order chi connectivity index (χ0) is 17.6. The second-order valence-electron chi connectivity index (χ2n) is 5.71. The molecule has 25 heavy (non-hydrogen) atoms. The highest BCUT2D eigenvalue weighted by atomic mass is 16.5. The van der Waals surface area contributed by atoms with E-state index in [0.29, 0.717) is 36.0 Å². The van der Waals surface area contributed by atoms with Crippen LogP contribution in [0.5, 0.6) is 5.88 Å². The highest BCUT2D eigenvalue weighted by Gasteiger charge is 2.27. The summed E-state index contributed by atoms with van der Waals surface area (Å²) in [5.41, 5.74) is 1.08. The van der Waals surface area contributed by atoms with Crippen LogP contribution < -0.4 is 15.0 Å². The Bertz CT molecular complexity index is 785. The lowest BCUT2D eigenvalue weighted by molar-refractivity contribution is 0.0940. The first-order valence-electron chi connectivity index (χ1n) is 8.21. The number of hydrogen-bond acceptors (Lipinski definition) is 6. The third kappa shape index (κ3) is 3.86. The predicted molar refractivity (Wildman–Crippen MR) is 92.4 cm³/mol. The smallest absolute Gasteiger partial charge is 0.257 e. The second-order valence-corrected chi connectivity index (χ2v) is 5.71. The number of nitriles is 1. The predicted octanol–water partition coefficient (Wildman–Crippen LogP) is 1.76. The van der Waals surface area contributed by atoms with Crippen molar-refractivity contribution in [2.75, 3.05) is 24.6 Å². The summed E-state index contributed by atoms with van der Waals surface area (Å²) in [5, 5.41) is 11.8. The SMILES string of the molecule is CCOc1nccnc1N1CCC(NC(=O)c2ccc(C#N)cc2)C1. The molecule has 1 aliphatic rings. The molecule has 0 radical (unpaired) electrons. The monoisotopic (exact) mass is 337 g/mol. The van der Waals surface area contributed by atoms with Gasteiger partial charge >= 0.3 is 0 Å². The Morgan fingerprint density at radius 2 is 2.12 bits per heavy atom. The van der Waals surface area contributed by atoms with Gasteiger partial charge in [-0.3, -0.25) is 4.79 Å². The number of nitrogens with one attached hydrogen (secondary N) is 1. The molecule has 1 aromatic heterocycles. The number of benzene rings is 1. The maximum Gasteiger partial charge on any atom is 0.257 e. The van der Waals surface area contributed by atoms with Gasteiger partial charge in [0.25, 0.3) is 11.8 Å². The van der Waals surface area contributed by atoms with Gasteiger partial charge in [-0.2, -0.15) is 5.26 Å². The number of ether oxygens (including phenoxy) is 1. The molecule has 0 aliphatic carbocycles. The molecule has 1 fully saturated rings. The highest BCUT2D eigenvalue weighted by molar-refractivity contribution is 5.94. The summed E-state index contributed by atoms with van der Waals surface area (Å²) in [7, 11) is 0. The molecule has 1 N–H and O–H groups in total. The van der Waals surface area contributed by atoms with Crippen molar-refractivity contribution in [2.45, 2.75) is 19.4 Å². The standard InChI is InChI=1S/C18H19N5O2/c1-2-25-18-16(20-8-9-21-18)23-10-7-15(12-23)22-17(24)14-5-3-13(11-19)4-6-14/h3-6,8-9,15H,2,7,10,12H2,1H3,(H,22,24). The summed E-state index contributed by atoms with van der Waals surface area (Å²) in [6, 6.07) is 8.68. The van der Waals surface area contributed by atoms with E-state index in [2.05, 4.69) is 20.2 Å². The van der Waals surface area contributed by atoms with Gasteiger partial charge in [0, 0.05) is 37.1 Å². The van der Waals surface area contributed by atoms with E-state index in [1.807, 2.05) is 13.0 Å². The second kappa shape index (κ2) is 7.62. The van der Waals surface area contributed by atoms with Crippen LogP contribution in [0.25, 0.3) is 0 Å². The van der Waals surface area contributed by atoms with Crippen LogP contribution in [0.4, 0.5) is 5.82 Å². The average molecular weight is 337 g/mol. The van der Waals surface area contributed by atoms with Gasteiger partial charge in [-0.05, 0) is 37.6 Å². The largest absolute Gasteiger partial charge is 0.475 e. The lowest BCUT2D eigenvalue weighted by Gasteiger charge is -2.19. The van der Waals surface area contributed by atoms with Crippen LogP contribution in [-0.2, 0) is 0 Å². The summed E-state index contributed by atoms with van der Waals surface area (Å²) in [6.07, 6.45) is 4.07. The van der Waals surface area contributed by atoms with E-state index in [4.69, 9.17) is 10.00 Å². The van der Waals surface area contributed by atoms with Gasteiger partial charge in [-0.25, -0.2) is 9.97 Å². The van der Waals surface area contributed by atoms with Crippen LogP contribution in [0.15, 0.2) is 36.7 Å². The third-order valence-electron chi connectivity index (χ3n) is 4.03. The van der Waals surface area contributed by atoms with Gasteiger partial charge in [-0.15, -0.1) is 0 Å². The van der Waals surface area contributed by atoms with Crippen LogP contribution in [0, 0.1) is 11.3 Å². The fraction of sp³-hybridized carbons (Fsp3) is 0.333. The van der Waals surface area contributed by atoms with Crippen molar-refractivity contribution in [2.24, 2.45) is 0 Å².